The molecule has 198 valence electrons. The predicted octanol–water partition coefficient (Wildman–Crippen LogP) is 6.95. The van der Waals surface area contributed by atoms with E-state index in [1.165, 1.54) is 6.92 Å². The van der Waals surface area contributed by atoms with Crippen molar-refractivity contribution in [2.24, 2.45) is 0 Å². The SMILES string of the molecule is C=C(c1ccc(Cl)c(Cl)c1)N1CCN(c2cccc(Nc3nccc(-c4ccc(NC(C)=O)cc4)n3)c2)CC1. The summed E-state index contributed by atoms with van der Waals surface area (Å²) >= 11 is 12.3. The Morgan fingerprint density at radius 3 is 2.38 bits per heavy atom. The van der Waals surface area contributed by atoms with Crippen molar-refractivity contribution < 1.29 is 4.79 Å². The average molecular weight is 560 g/mol. The Morgan fingerprint density at radius 2 is 1.67 bits per heavy atom. The second-order valence-corrected chi connectivity index (χ2v) is 10.1. The van der Waals surface area contributed by atoms with Crippen molar-refractivity contribution in [3.8, 4) is 11.3 Å². The van der Waals surface area contributed by atoms with Gasteiger partial charge in [0.25, 0.3) is 0 Å². The average Bonchev–Trinajstić information content (AvgIpc) is 2.95. The van der Waals surface area contributed by atoms with E-state index in [1.807, 2.05) is 60.7 Å². The fourth-order valence-corrected chi connectivity index (χ4v) is 4.81. The van der Waals surface area contributed by atoms with Crippen LogP contribution in [0.15, 0.2) is 85.6 Å². The zero-order valence-corrected chi connectivity index (χ0v) is 23.0. The van der Waals surface area contributed by atoms with Gasteiger partial charge in [0.15, 0.2) is 0 Å². The number of hydrogen-bond donors (Lipinski definition) is 2. The van der Waals surface area contributed by atoms with E-state index < -0.39 is 0 Å². The van der Waals surface area contributed by atoms with E-state index in [-0.39, 0.29) is 5.91 Å². The van der Waals surface area contributed by atoms with E-state index in [4.69, 9.17) is 23.2 Å². The second kappa shape index (κ2) is 11.8. The molecular weight excluding hydrogens is 531 g/mol. The number of anilines is 4. The highest BCUT2D eigenvalue weighted by atomic mass is 35.5. The first-order valence-corrected chi connectivity index (χ1v) is 13.3. The van der Waals surface area contributed by atoms with E-state index in [0.717, 1.165) is 65.8 Å². The Labute approximate surface area is 238 Å². The standard InChI is InChI=1S/C30H28Cl2N6O/c1-20(23-8-11-27(31)28(32)18-23)37-14-16-38(17-15-37)26-5-3-4-25(19-26)35-30-33-13-12-29(36-30)22-6-9-24(10-7-22)34-21(2)39/h3-13,18-19H,1,14-17H2,2H3,(H,34,39)(H,33,35,36). The topological polar surface area (TPSA) is 73.4 Å². The van der Waals surface area contributed by atoms with Crippen LogP contribution >= 0.6 is 23.2 Å². The van der Waals surface area contributed by atoms with Crippen LogP contribution in [0.2, 0.25) is 10.0 Å². The number of rotatable bonds is 7. The van der Waals surface area contributed by atoms with Crippen LogP contribution in [0.25, 0.3) is 17.0 Å². The molecule has 4 aromatic rings. The highest BCUT2D eigenvalue weighted by Crippen LogP contribution is 2.29. The number of halogens is 2. The van der Waals surface area contributed by atoms with Gasteiger partial charge in [0.1, 0.15) is 0 Å². The van der Waals surface area contributed by atoms with Gasteiger partial charge in [-0.25, -0.2) is 9.97 Å². The Bertz CT molecular complexity index is 1500. The van der Waals surface area contributed by atoms with Crippen LogP contribution in [-0.2, 0) is 4.79 Å². The van der Waals surface area contributed by atoms with Gasteiger partial charge in [0, 0.05) is 67.6 Å². The number of nitrogens with zero attached hydrogens (tertiary/aromatic N) is 4. The van der Waals surface area contributed by atoms with Crippen molar-refractivity contribution in [3.05, 3.63) is 101 Å². The summed E-state index contributed by atoms with van der Waals surface area (Å²) in [6, 6.07) is 23.3. The van der Waals surface area contributed by atoms with Gasteiger partial charge in [0.2, 0.25) is 11.9 Å². The Balaban J connectivity index is 1.22. The molecule has 1 fully saturated rings. The number of amides is 1. The van der Waals surface area contributed by atoms with Crippen molar-refractivity contribution in [1.82, 2.24) is 14.9 Å². The first-order chi connectivity index (χ1) is 18.9. The molecule has 0 bridgehead atoms. The molecule has 0 unspecified atom stereocenters. The first kappa shape index (κ1) is 26.5. The monoisotopic (exact) mass is 558 g/mol. The molecule has 1 aromatic heterocycles. The molecule has 1 amide bonds. The van der Waals surface area contributed by atoms with Crippen molar-refractivity contribution in [2.45, 2.75) is 6.92 Å². The third-order valence-corrected chi connectivity index (χ3v) is 7.28. The molecular formula is C30H28Cl2N6O. The first-order valence-electron chi connectivity index (χ1n) is 12.6. The maximum Gasteiger partial charge on any atom is 0.227 e. The molecule has 3 aromatic carbocycles. The van der Waals surface area contributed by atoms with Crippen LogP contribution in [0.4, 0.5) is 23.0 Å². The van der Waals surface area contributed by atoms with E-state index in [1.54, 1.807) is 6.20 Å². The minimum atomic E-state index is -0.103. The summed E-state index contributed by atoms with van der Waals surface area (Å²) in [5, 5.41) is 7.19. The number of hydrogen-bond acceptors (Lipinski definition) is 6. The van der Waals surface area contributed by atoms with E-state index in [9.17, 15) is 4.79 Å². The van der Waals surface area contributed by atoms with Crippen molar-refractivity contribution in [3.63, 3.8) is 0 Å². The van der Waals surface area contributed by atoms with E-state index in [0.29, 0.717) is 16.0 Å². The van der Waals surface area contributed by atoms with Gasteiger partial charge in [0.05, 0.1) is 15.7 Å². The number of benzene rings is 3. The maximum atomic E-state index is 11.3. The van der Waals surface area contributed by atoms with Crippen molar-refractivity contribution in [2.75, 3.05) is 41.7 Å². The van der Waals surface area contributed by atoms with Gasteiger partial charge in [-0.2, -0.15) is 0 Å². The zero-order chi connectivity index (χ0) is 27.4. The van der Waals surface area contributed by atoms with Crippen LogP contribution < -0.4 is 15.5 Å². The molecule has 5 rings (SSSR count). The fraction of sp³-hybridized carbons (Fsp3) is 0.167. The summed E-state index contributed by atoms with van der Waals surface area (Å²) < 4.78 is 0. The zero-order valence-electron chi connectivity index (χ0n) is 21.5. The van der Waals surface area contributed by atoms with Crippen LogP contribution in [0.3, 0.4) is 0 Å². The molecule has 0 atom stereocenters. The number of carbonyl (C=O) groups is 1. The largest absolute Gasteiger partial charge is 0.368 e. The molecule has 0 radical (unpaired) electrons. The van der Waals surface area contributed by atoms with Crippen LogP contribution in [-0.4, -0.2) is 47.0 Å². The lowest BCUT2D eigenvalue weighted by molar-refractivity contribution is -0.114. The Morgan fingerprint density at radius 1 is 0.897 bits per heavy atom. The second-order valence-electron chi connectivity index (χ2n) is 9.25. The minimum absolute atomic E-state index is 0.103. The summed E-state index contributed by atoms with van der Waals surface area (Å²) in [5.41, 5.74) is 6.44. The lowest BCUT2D eigenvalue weighted by Gasteiger charge is -2.38. The van der Waals surface area contributed by atoms with Gasteiger partial charge >= 0.3 is 0 Å². The molecule has 0 aliphatic carbocycles. The molecule has 0 saturated carbocycles. The molecule has 0 spiro atoms. The number of aromatic nitrogens is 2. The van der Waals surface area contributed by atoms with Gasteiger partial charge < -0.3 is 20.4 Å². The third-order valence-electron chi connectivity index (χ3n) is 6.54. The fourth-order valence-electron chi connectivity index (χ4n) is 4.51. The summed E-state index contributed by atoms with van der Waals surface area (Å²) in [4.78, 5) is 25.0. The molecule has 39 heavy (non-hydrogen) atoms. The third kappa shape index (κ3) is 6.50. The lowest BCUT2D eigenvalue weighted by Crippen LogP contribution is -2.45. The van der Waals surface area contributed by atoms with Crippen LogP contribution in [0, 0.1) is 0 Å². The van der Waals surface area contributed by atoms with Gasteiger partial charge in [-0.15, -0.1) is 0 Å². The highest BCUT2D eigenvalue weighted by molar-refractivity contribution is 6.42. The molecule has 9 heteroatoms. The lowest BCUT2D eigenvalue weighted by atomic mass is 10.1. The quantitative estimate of drug-likeness (QED) is 0.256. The predicted molar refractivity (Wildman–Crippen MR) is 161 cm³/mol. The maximum absolute atomic E-state index is 11.3. The molecule has 7 nitrogen and oxygen atoms in total. The summed E-state index contributed by atoms with van der Waals surface area (Å²) in [6.45, 7) is 9.21. The van der Waals surface area contributed by atoms with Gasteiger partial charge in [-0.3, -0.25) is 4.79 Å². The summed E-state index contributed by atoms with van der Waals surface area (Å²) in [7, 11) is 0. The van der Waals surface area contributed by atoms with E-state index >= 15 is 0 Å². The van der Waals surface area contributed by atoms with E-state index in [2.05, 4.69) is 49.1 Å². The smallest absolute Gasteiger partial charge is 0.227 e. The molecule has 1 saturated heterocycles. The number of nitrogens with one attached hydrogen (secondary N) is 2. The summed E-state index contributed by atoms with van der Waals surface area (Å²) in [6.07, 6.45) is 1.73. The normalized spacial score (nSPS) is 13.2. The molecule has 2 N–H and O–H groups in total. The van der Waals surface area contributed by atoms with Crippen molar-refractivity contribution in [1.29, 1.82) is 0 Å². The van der Waals surface area contributed by atoms with Gasteiger partial charge in [-0.1, -0.05) is 54.0 Å². The summed E-state index contributed by atoms with van der Waals surface area (Å²) in [5.74, 6) is 0.410. The van der Waals surface area contributed by atoms with Crippen LogP contribution in [0.5, 0.6) is 0 Å². The van der Waals surface area contributed by atoms with Gasteiger partial charge in [-0.05, 0) is 54.1 Å². The molecule has 1 aliphatic rings. The Kier molecular flexibility index (Phi) is 8.00. The molecule has 2 heterocycles. The Hall–Kier alpha value is -4.07. The number of carbonyl (C=O) groups excluding carboxylic acids is 1. The minimum Gasteiger partial charge on any atom is -0.368 e. The number of piperazine rings is 1. The molecule has 1 aliphatic heterocycles. The van der Waals surface area contributed by atoms with Crippen molar-refractivity contribution >= 4 is 57.8 Å². The highest BCUT2D eigenvalue weighted by Gasteiger charge is 2.20. The van der Waals surface area contributed by atoms with Crippen LogP contribution in [0.1, 0.15) is 12.5 Å².